The molecule has 0 saturated carbocycles. The van der Waals surface area contributed by atoms with Crippen LogP contribution in [0.1, 0.15) is 23.3 Å². The Morgan fingerprint density at radius 1 is 1.00 bits per heavy atom. The first kappa shape index (κ1) is 22.9. The lowest BCUT2D eigenvalue weighted by atomic mass is 9.94. The summed E-state index contributed by atoms with van der Waals surface area (Å²) in [5, 5.41) is 12.6. The number of nitrogens with zero attached hydrogens (tertiary/aromatic N) is 2. The van der Waals surface area contributed by atoms with Gasteiger partial charge in [-0.25, -0.2) is 4.98 Å². The molecule has 0 aliphatic rings. The molecule has 0 fully saturated rings. The molecule has 0 saturated heterocycles. The number of aliphatic hydroxyl groups is 1. The molecule has 0 bridgehead atoms. The third-order valence-corrected chi connectivity index (χ3v) is 7.55. The maximum absolute atomic E-state index is 11.6. The fourth-order valence-electron chi connectivity index (χ4n) is 3.76. The molecule has 3 aromatic carbocycles. The lowest BCUT2D eigenvalue weighted by molar-refractivity contribution is 0.0390. The molecule has 0 aliphatic carbocycles. The number of thioether (sulfide) groups is 1. The zero-order chi connectivity index (χ0) is 22.6. The molecular formula is C26H24Cl2N2OS. The largest absolute Gasteiger partial charge is 0.387 e. The van der Waals surface area contributed by atoms with Gasteiger partial charge in [-0.1, -0.05) is 83.9 Å². The number of aromatic nitrogens is 2. The second-order valence-electron chi connectivity index (χ2n) is 8.01. The van der Waals surface area contributed by atoms with Crippen molar-refractivity contribution in [1.82, 2.24) is 9.55 Å². The Labute approximate surface area is 203 Å². The molecule has 164 valence electrons. The Bertz CT molecular complexity index is 1150. The predicted octanol–water partition coefficient (Wildman–Crippen LogP) is 7.28. The zero-order valence-corrected chi connectivity index (χ0v) is 20.0. The first-order valence-electron chi connectivity index (χ1n) is 10.3. The SMILES string of the molecule is CC(O)(Cn1ccnc1)C(SCc1ccc(Cl)cc1Cl)c1ccc(-c2ccccc2)cc1. The fourth-order valence-corrected chi connectivity index (χ4v) is 5.70. The van der Waals surface area contributed by atoms with E-state index in [0.29, 0.717) is 22.3 Å². The molecule has 4 rings (SSSR count). The lowest BCUT2D eigenvalue weighted by Gasteiger charge is -2.33. The van der Waals surface area contributed by atoms with Crippen LogP contribution in [-0.4, -0.2) is 20.3 Å². The minimum absolute atomic E-state index is 0.179. The van der Waals surface area contributed by atoms with E-state index in [2.05, 4.69) is 41.4 Å². The molecule has 32 heavy (non-hydrogen) atoms. The number of hydrogen-bond acceptors (Lipinski definition) is 3. The van der Waals surface area contributed by atoms with Crippen LogP contribution >= 0.6 is 35.0 Å². The molecule has 6 heteroatoms. The summed E-state index contributed by atoms with van der Waals surface area (Å²) in [7, 11) is 0. The van der Waals surface area contributed by atoms with Crippen molar-refractivity contribution >= 4 is 35.0 Å². The lowest BCUT2D eigenvalue weighted by Crippen LogP contribution is -2.36. The van der Waals surface area contributed by atoms with Crippen LogP contribution in [0.25, 0.3) is 11.1 Å². The van der Waals surface area contributed by atoms with Crippen molar-refractivity contribution in [2.45, 2.75) is 30.1 Å². The molecule has 0 aliphatic heterocycles. The molecule has 0 radical (unpaired) electrons. The van der Waals surface area contributed by atoms with E-state index in [1.165, 1.54) is 5.56 Å². The molecule has 0 amide bonds. The smallest absolute Gasteiger partial charge is 0.0956 e. The van der Waals surface area contributed by atoms with E-state index in [4.69, 9.17) is 23.2 Å². The van der Waals surface area contributed by atoms with Crippen LogP contribution in [-0.2, 0) is 12.3 Å². The molecule has 3 nitrogen and oxygen atoms in total. The van der Waals surface area contributed by atoms with Crippen LogP contribution < -0.4 is 0 Å². The third kappa shape index (κ3) is 5.57. The molecular weight excluding hydrogens is 459 g/mol. The van der Waals surface area contributed by atoms with Gasteiger partial charge in [-0.3, -0.25) is 0 Å². The highest BCUT2D eigenvalue weighted by atomic mass is 35.5. The van der Waals surface area contributed by atoms with Gasteiger partial charge in [-0.15, -0.1) is 11.8 Å². The maximum atomic E-state index is 11.6. The van der Waals surface area contributed by atoms with Crippen molar-refractivity contribution in [3.05, 3.63) is 113 Å². The minimum atomic E-state index is -1.02. The molecule has 1 aromatic heterocycles. The van der Waals surface area contributed by atoms with E-state index in [0.717, 1.165) is 16.7 Å². The zero-order valence-electron chi connectivity index (χ0n) is 17.7. The average Bonchev–Trinajstić information content (AvgIpc) is 3.28. The van der Waals surface area contributed by atoms with Gasteiger partial charge in [-0.05, 0) is 41.3 Å². The summed E-state index contributed by atoms with van der Waals surface area (Å²) in [5.41, 5.74) is 3.35. The summed E-state index contributed by atoms with van der Waals surface area (Å²) in [6.07, 6.45) is 5.32. The summed E-state index contributed by atoms with van der Waals surface area (Å²) in [4.78, 5) is 4.11. The Balaban J connectivity index is 1.61. The van der Waals surface area contributed by atoms with Gasteiger partial charge >= 0.3 is 0 Å². The van der Waals surface area contributed by atoms with Crippen molar-refractivity contribution in [1.29, 1.82) is 0 Å². The van der Waals surface area contributed by atoms with Gasteiger partial charge in [0.05, 0.1) is 23.7 Å². The van der Waals surface area contributed by atoms with Crippen molar-refractivity contribution in [2.24, 2.45) is 0 Å². The van der Waals surface area contributed by atoms with Crippen LogP contribution in [0.15, 0.2) is 91.5 Å². The highest BCUT2D eigenvalue weighted by Crippen LogP contribution is 2.42. The van der Waals surface area contributed by atoms with Crippen LogP contribution in [0.4, 0.5) is 0 Å². The van der Waals surface area contributed by atoms with Crippen LogP contribution in [0, 0.1) is 0 Å². The number of halogens is 2. The number of rotatable bonds is 8. The van der Waals surface area contributed by atoms with E-state index < -0.39 is 5.60 Å². The van der Waals surface area contributed by atoms with Crippen molar-refractivity contribution in [2.75, 3.05) is 0 Å². The van der Waals surface area contributed by atoms with Crippen molar-refractivity contribution in [3.63, 3.8) is 0 Å². The highest BCUT2D eigenvalue weighted by molar-refractivity contribution is 7.98. The van der Waals surface area contributed by atoms with Crippen LogP contribution in [0.3, 0.4) is 0 Å². The van der Waals surface area contributed by atoms with Gasteiger partial charge in [0.15, 0.2) is 0 Å². The number of imidazole rings is 1. The summed E-state index contributed by atoms with van der Waals surface area (Å²) >= 11 is 14.1. The topological polar surface area (TPSA) is 38.0 Å². The number of benzene rings is 3. The van der Waals surface area contributed by atoms with E-state index in [1.807, 2.05) is 48.0 Å². The standard InChI is InChI=1S/C26H24Cl2N2OS/c1-26(31,17-30-14-13-29-18-30)25(32-16-22-11-12-23(27)15-24(22)28)21-9-7-20(8-10-21)19-5-3-2-4-6-19/h2-15,18,25,31H,16-17H2,1H3. The summed E-state index contributed by atoms with van der Waals surface area (Å²) in [6.45, 7) is 2.30. The average molecular weight is 483 g/mol. The molecule has 2 atom stereocenters. The van der Waals surface area contributed by atoms with Crippen molar-refractivity contribution < 1.29 is 5.11 Å². The van der Waals surface area contributed by atoms with Gasteiger partial charge in [0.1, 0.15) is 0 Å². The van der Waals surface area contributed by atoms with Gasteiger partial charge < -0.3 is 9.67 Å². The summed E-state index contributed by atoms with van der Waals surface area (Å²) in [5.74, 6) is 0.654. The predicted molar refractivity (Wildman–Crippen MR) is 135 cm³/mol. The minimum Gasteiger partial charge on any atom is -0.387 e. The van der Waals surface area contributed by atoms with E-state index in [9.17, 15) is 5.11 Å². The Morgan fingerprint density at radius 3 is 2.38 bits per heavy atom. The quantitative estimate of drug-likeness (QED) is 0.286. The Morgan fingerprint density at radius 2 is 1.72 bits per heavy atom. The fraction of sp³-hybridized carbons (Fsp3) is 0.192. The molecule has 1 heterocycles. The molecule has 1 N–H and O–H groups in total. The maximum Gasteiger partial charge on any atom is 0.0956 e. The molecule has 4 aromatic rings. The monoisotopic (exact) mass is 482 g/mol. The number of hydrogen-bond donors (Lipinski definition) is 1. The Hall–Kier alpha value is -2.24. The van der Waals surface area contributed by atoms with E-state index in [-0.39, 0.29) is 5.25 Å². The first-order chi connectivity index (χ1) is 15.4. The van der Waals surface area contributed by atoms with Gasteiger partial charge in [0, 0.05) is 28.2 Å². The first-order valence-corrected chi connectivity index (χ1v) is 12.1. The second kappa shape index (κ2) is 10.1. The van der Waals surface area contributed by atoms with Gasteiger partial charge in [-0.2, -0.15) is 0 Å². The van der Waals surface area contributed by atoms with Crippen LogP contribution in [0.2, 0.25) is 10.0 Å². The van der Waals surface area contributed by atoms with Crippen molar-refractivity contribution in [3.8, 4) is 11.1 Å². The Kier molecular flexibility index (Phi) is 7.27. The normalized spacial score (nSPS) is 14.1. The highest BCUT2D eigenvalue weighted by Gasteiger charge is 2.34. The van der Waals surface area contributed by atoms with E-state index in [1.54, 1.807) is 30.4 Å². The second-order valence-corrected chi connectivity index (χ2v) is 9.94. The summed E-state index contributed by atoms with van der Waals surface area (Å²) < 4.78 is 1.90. The third-order valence-electron chi connectivity index (χ3n) is 5.37. The van der Waals surface area contributed by atoms with Gasteiger partial charge in [0.2, 0.25) is 0 Å². The van der Waals surface area contributed by atoms with Gasteiger partial charge in [0.25, 0.3) is 0 Å². The molecule has 0 spiro atoms. The van der Waals surface area contributed by atoms with Crippen LogP contribution in [0.5, 0.6) is 0 Å². The molecule has 2 unspecified atom stereocenters. The summed E-state index contributed by atoms with van der Waals surface area (Å²) in [6, 6.07) is 24.2. The van der Waals surface area contributed by atoms with E-state index >= 15 is 0 Å².